The Labute approximate surface area is 121 Å². The van der Waals surface area contributed by atoms with E-state index in [1.54, 1.807) is 7.11 Å². The van der Waals surface area contributed by atoms with Crippen LogP contribution in [0.3, 0.4) is 0 Å². The Morgan fingerprint density at radius 1 is 1.40 bits per heavy atom. The smallest absolute Gasteiger partial charge is 0.178 e. The van der Waals surface area contributed by atoms with Crippen LogP contribution in [0.15, 0.2) is 24.4 Å². The topological polar surface area (TPSA) is 47.8 Å². The minimum absolute atomic E-state index is 0.705. The lowest BCUT2D eigenvalue weighted by molar-refractivity contribution is 0.415. The summed E-state index contributed by atoms with van der Waals surface area (Å²) < 4.78 is 9.89. The average molecular weight is 288 g/mol. The van der Waals surface area contributed by atoms with Gasteiger partial charge in [0.2, 0.25) is 0 Å². The summed E-state index contributed by atoms with van der Waals surface area (Å²) in [4.78, 5) is 3.22. The van der Waals surface area contributed by atoms with E-state index in [0.29, 0.717) is 11.3 Å². The molecule has 0 saturated carbocycles. The first-order chi connectivity index (χ1) is 9.60. The van der Waals surface area contributed by atoms with E-state index in [2.05, 4.69) is 21.6 Å². The first-order valence-electron chi connectivity index (χ1n) is 6.34. The summed E-state index contributed by atoms with van der Waals surface area (Å²) in [5.74, 6) is 0.818. The van der Waals surface area contributed by atoms with Crippen LogP contribution >= 0.6 is 12.2 Å². The Hall–Kier alpha value is -2.08. The van der Waals surface area contributed by atoms with Crippen molar-refractivity contribution in [2.75, 3.05) is 7.11 Å². The maximum Gasteiger partial charge on any atom is 0.178 e. The molecule has 0 aliphatic heterocycles. The largest absolute Gasteiger partial charge is 0.497 e. The third-order valence-corrected chi connectivity index (χ3v) is 3.97. The van der Waals surface area contributed by atoms with Crippen molar-refractivity contribution < 1.29 is 4.74 Å². The highest BCUT2D eigenvalue weighted by molar-refractivity contribution is 7.71. The highest BCUT2D eigenvalue weighted by atomic mass is 32.1. The van der Waals surface area contributed by atoms with E-state index in [4.69, 9.17) is 17.0 Å². The molecular weight excluding hydrogens is 272 g/mol. The number of nitrogens with zero attached hydrogens (tertiary/aromatic N) is 3. The van der Waals surface area contributed by atoms with E-state index in [0.717, 1.165) is 22.5 Å². The van der Waals surface area contributed by atoms with Crippen molar-refractivity contribution in [3.05, 3.63) is 40.4 Å². The number of H-pyrrole nitrogens is 1. The Morgan fingerprint density at radius 2 is 2.20 bits per heavy atom. The molecule has 0 amide bonds. The van der Waals surface area contributed by atoms with Gasteiger partial charge in [-0.05, 0) is 31.3 Å². The van der Waals surface area contributed by atoms with Gasteiger partial charge in [-0.1, -0.05) is 0 Å². The Morgan fingerprint density at radius 3 is 2.85 bits per heavy atom. The number of aromatic amines is 1. The summed E-state index contributed by atoms with van der Waals surface area (Å²) in [5, 5.41) is 4.27. The molecule has 2 heterocycles. The monoisotopic (exact) mass is 288 g/mol. The zero-order chi connectivity index (χ0) is 14.3. The lowest BCUT2D eigenvalue weighted by Crippen LogP contribution is -2.01. The van der Waals surface area contributed by atoms with E-state index in [9.17, 15) is 0 Å². The minimum Gasteiger partial charge on any atom is -0.497 e. The quantitative estimate of drug-likeness (QED) is 0.754. The Balaban J connectivity index is 2.09. The molecule has 1 N–H and O–H groups in total. The van der Waals surface area contributed by atoms with E-state index in [-0.39, 0.29) is 0 Å². The summed E-state index contributed by atoms with van der Waals surface area (Å²) in [6.45, 7) is 2.77. The maximum absolute atomic E-state index is 5.42. The van der Waals surface area contributed by atoms with Gasteiger partial charge < -0.3 is 14.3 Å². The SMILES string of the molecule is COc1ccc2c(c1)[nH]c(=S)n2Cc1cnn(C)c1C. The molecule has 0 saturated heterocycles. The zero-order valence-electron chi connectivity index (χ0n) is 11.7. The van der Waals surface area contributed by atoms with Gasteiger partial charge in [0.1, 0.15) is 5.75 Å². The van der Waals surface area contributed by atoms with Crippen LogP contribution in [0, 0.1) is 11.7 Å². The van der Waals surface area contributed by atoms with Gasteiger partial charge in [0.15, 0.2) is 4.77 Å². The summed E-state index contributed by atoms with van der Waals surface area (Å²) in [7, 11) is 3.60. The number of benzene rings is 1. The van der Waals surface area contributed by atoms with Gasteiger partial charge in [-0.3, -0.25) is 4.68 Å². The number of nitrogens with one attached hydrogen (secondary N) is 1. The Kier molecular flexibility index (Phi) is 3.10. The van der Waals surface area contributed by atoms with E-state index >= 15 is 0 Å². The molecule has 0 aliphatic carbocycles. The highest BCUT2D eigenvalue weighted by Crippen LogP contribution is 2.21. The molecular formula is C14H16N4OS. The summed E-state index contributed by atoms with van der Waals surface area (Å²) in [5.41, 5.74) is 4.37. The third-order valence-electron chi connectivity index (χ3n) is 3.65. The molecule has 0 spiro atoms. The predicted molar refractivity (Wildman–Crippen MR) is 80.7 cm³/mol. The van der Waals surface area contributed by atoms with Crippen molar-refractivity contribution >= 4 is 23.3 Å². The number of fused-ring (bicyclic) bond motifs is 1. The number of ether oxygens (including phenoxy) is 1. The van der Waals surface area contributed by atoms with Crippen LogP contribution in [-0.4, -0.2) is 26.4 Å². The molecule has 0 aliphatic rings. The number of methoxy groups -OCH3 is 1. The fraction of sp³-hybridized carbons (Fsp3) is 0.286. The molecule has 1 aromatic carbocycles. The lowest BCUT2D eigenvalue weighted by Gasteiger charge is -2.05. The van der Waals surface area contributed by atoms with Crippen LogP contribution in [-0.2, 0) is 13.6 Å². The minimum atomic E-state index is 0.705. The van der Waals surface area contributed by atoms with Gasteiger partial charge in [0, 0.05) is 24.4 Å². The van der Waals surface area contributed by atoms with Crippen molar-refractivity contribution in [2.24, 2.45) is 7.05 Å². The van der Waals surface area contributed by atoms with Crippen LogP contribution < -0.4 is 4.74 Å². The molecule has 104 valence electrons. The Bertz CT molecular complexity index is 827. The zero-order valence-corrected chi connectivity index (χ0v) is 12.5. The number of aromatic nitrogens is 4. The number of aryl methyl sites for hydroxylation is 1. The third kappa shape index (κ3) is 2.02. The van der Waals surface area contributed by atoms with Crippen molar-refractivity contribution in [1.82, 2.24) is 19.3 Å². The van der Waals surface area contributed by atoms with Crippen molar-refractivity contribution in [3.8, 4) is 5.75 Å². The standard InChI is InChI=1S/C14H16N4OS/c1-9-10(7-15-17(9)2)8-18-13-5-4-11(19-3)6-12(13)16-14(18)20/h4-7H,8H2,1-3H3,(H,16,20). The summed E-state index contributed by atoms with van der Waals surface area (Å²) >= 11 is 5.42. The van der Waals surface area contributed by atoms with Gasteiger partial charge in [-0.15, -0.1) is 0 Å². The molecule has 0 bridgehead atoms. The molecule has 0 radical (unpaired) electrons. The van der Waals surface area contributed by atoms with E-state index in [1.165, 1.54) is 5.56 Å². The van der Waals surface area contributed by atoms with Gasteiger partial charge in [-0.25, -0.2) is 0 Å². The van der Waals surface area contributed by atoms with Crippen LogP contribution in [0.2, 0.25) is 0 Å². The second-order valence-electron chi connectivity index (χ2n) is 4.78. The van der Waals surface area contributed by atoms with E-state index in [1.807, 2.05) is 36.1 Å². The van der Waals surface area contributed by atoms with Gasteiger partial charge in [0.25, 0.3) is 0 Å². The molecule has 0 atom stereocenters. The fourth-order valence-corrected chi connectivity index (χ4v) is 2.57. The molecule has 3 aromatic rings. The summed E-state index contributed by atoms with van der Waals surface area (Å²) in [6, 6.07) is 5.92. The van der Waals surface area contributed by atoms with Crippen LogP contribution in [0.5, 0.6) is 5.75 Å². The van der Waals surface area contributed by atoms with Gasteiger partial charge in [-0.2, -0.15) is 5.10 Å². The van der Waals surface area contributed by atoms with Crippen molar-refractivity contribution in [3.63, 3.8) is 0 Å². The first kappa shape index (κ1) is 12.9. The molecule has 3 rings (SSSR count). The predicted octanol–water partition coefficient (Wildman–Crippen LogP) is 2.80. The van der Waals surface area contributed by atoms with Crippen molar-refractivity contribution in [1.29, 1.82) is 0 Å². The maximum atomic E-state index is 5.42. The number of hydrogen-bond donors (Lipinski definition) is 1. The van der Waals surface area contributed by atoms with Crippen molar-refractivity contribution in [2.45, 2.75) is 13.5 Å². The van der Waals surface area contributed by atoms with Gasteiger partial charge >= 0.3 is 0 Å². The van der Waals surface area contributed by atoms with E-state index < -0.39 is 0 Å². The molecule has 2 aromatic heterocycles. The van der Waals surface area contributed by atoms with Gasteiger partial charge in [0.05, 0.1) is 30.9 Å². The van der Waals surface area contributed by atoms with Crippen LogP contribution in [0.4, 0.5) is 0 Å². The highest BCUT2D eigenvalue weighted by Gasteiger charge is 2.09. The second kappa shape index (κ2) is 4.79. The molecule has 5 nitrogen and oxygen atoms in total. The second-order valence-corrected chi connectivity index (χ2v) is 5.16. The van der Waals surface area contributed by atoms with Crippen LogP contribution in [0.25, 0.3) is 11.0 Å². The molecule has 6 heteroatoms. The molecule has 0 fully saturated rings. The number of rotatable bonds is 3. The van der Waals surface area contributed by atoms with Crippen LogP contribution in [0.1, 0.15) is 11.3 Å². The average Bonchev–Trinajstić information content (AvgIpc) is 2.92. The lowest BCUT2D eigenvalue weighted by atomic mass is 10.2. The fourth-order valence-electron chi connectivity index (χ4n) is 2.30. The normalized spacial score (nSPS) is 11.2. The summed E-state index contributed by atoms with van der Waals surface area (Å²) in [6.07, 6.45) is 1.89. The first-order valence-corrected chi connectivity index (χ1v) is 6.75. The molecule has 20 heavy (non-hydrogen) atoms. The number of imidazole rings is 1. The molecule has 0 unspecified atom stereocenters. The number of hydrogen-bond acceptors (Lipinski definition) is 3.